The smallest absolute Gasteiger partial charge is 0.269 e. The van der Waals surface area contributed by atoms with E-state index in [-0.39, 0.29) is 18.8 Å². The molecule has 0 aliphatic carbocycles. The fourth-order valence-corrected chi connectivity index (χ4v) is 2.14. The van der Waals surface area contributed by atoms with Crippen LogP contribution in [0.2, 0.25) is 0 Å². The normalized spacial score (nSPS) is 27.3. The lowest BCUT2D eigenvalue weighted by molar-refractivity contribution is -0.110. The van der Waals surface area contributed by atoms with Gasteiger partial charge < -0.3 is 5.32 Å². The van der Waals surface area contributed by atoms with Crippen molar-refractivity contribution in [1.82, 2.24) is 5.32 Å². The average molecular weight is 266 g/mol. The van der Waals surface area contributed by atoms with E-state index in [1.54, 1.807) is 0 Å². The number of piperidine rings is 1. The SMILES string of the molecule is CC1(c2cccc(F)c2)NCCCC1(F)F.Cl. The summed E-state index contributed by atoms with van der Waals surface area (Å²) in [5.41, 5.74) is -1.16. The Hall–Kier alpha value is -0.740. The first-order valence-electron chi connectivity index (χ1n) is 5.35. The zero-order valence-electron chi connectivity index (χ0n) is 9.47. The van der Waals surface area contributed by atoms with Gasteiger partial charge in [-0.1, -0.05) is 12.1 Å². The van der Waals surface area contributed by atoms with Crippen molar-refractivity contribution >= 4 is 12.4 Å². The molecule has 5 heteroatoms. The van der Waals surface area contributed by atoms with Crippen LogP contribution >= 0.6 is 12.4 Å². The van der Waals surface area contributed by atoms with Gasteiger partial charge in [0.05, 0.1) is 0 Å². The quantitative estimate of drug-likeness (QED) is 0.820. The number of nitrogens with one attached hydrogen (secondary N) is 1. The lowest BCUT2D eigenvalue weighted by atomic mass is 9.80. The zero-order chi connectivity index (χ0) is 11.8. The molecule has 17 heavy (non-hydrogen) atoms. The molecular weight excluding hydrogens is 251 g/mol. The number of hydrogen-bond acceptors (Lipinski definition) is 1. The van der Waals surface area contributed by atoms with Crippen molar-refractivity contribution in [3.05, 3.63) is 35.6 Å². The van der Waals surface area contributed by atoms with Crippen LogP contribution in [0.1, 0.15) is 25.3 Å². The Labute approximate surface area is 105 Å². The highest BCUT2D eigenvalue weighted by atomic mass is 35.5. The van der Waals surface area contributed by atoms with Crippen LogP contribution in [-0.4, -0.2) is 12.5 Å². The number of alkyl halides is 2. The van der Waals surface area contributed by atoms with E-state index in [0.717, 1.165) is 0 Å². The van der Waals surface area contributed by atoms with Gasteiger partial charge in [0.2, 0.25) is 0 Å². The molecule has 0 bridgehead atoms. The fourth-order valence-electron chi connectivity index (χ4n) is 2.14. The van der Waals surface area contributed by atoms with E-state index < -0.39 is 17.3 Å². The Morgan fingerprint density at radius 2 is 2.00 bits per heavy atom. The van der Waals surface area contributed by atoms with Crippen LogP contribution in [0.15, 0.2) is 24.3 Å². The van der Waals surface area contributed by atoms with Gasteiger partial charge in [0.15, 0.2) is 0 Å². The molecule has 0 radical (unpaired) electrons. The molecule has 1 aromatic rings. The van der Waals surface area contributed by atoms with Crippen LogP contribution in [0.3, 0.4) is 0 Å². The minimum absolute atomic E-state index is 0. The second kappa shape index (κ2) is 4.86. The van der Waals surface area contributed by atoms with Crippen LogP contribution in [0.25, 0.3) is 0 Å². The topological polar surface area (TPSA) is 12.0 Å². The average Bonchev–Trinajstić information content (AvgIpc) is 2.22. The minimum atomic E-state index is -2.85. The van der Waals surface area contributed by atoms with Crippen molar-refractivity contribution in [2.24, 2.45) is 0 Å². The molecule has 2 rings (SSSR count). The predicted octanol–water partition coefficient (Wildman–Crippen LogP) is 3.48. The van der Waals surface area contributed by atoms with E-state index in [1.807, 2.05) is 0 Å². The van der Waals surface area contributed by atoms with Crippen LogP contribution in [0.4, 0.5) is 13.2 Å². The van der Waals surface area contributed by atoms with Gasteiger partial charge in [0, 0.05) is 6.42 Å². The Bertz CT molecular complexity index is 397. The lowest BCUT2D eigenvalue weighted by Crippen LogP contribution is -2.57. The van der Waals surface area contributed by atoms with Crippen LogP contribution in [0, 0.1) is 5.82 Å². The van der Waals surface area contributed by atoms with Gasteiger partial charge in [0.1, 0.15) is 11.4 Å². The summed E-state index contributed by atoms with van der Waals surface area (Å²) in [6.07, 6.45) is 0.283. The third-order valence-corrected chi connectivity index (χ3v) is 3.28. The maximum absolute atomic E-state index is 13.9. The van der Waals surface area contributed by atoms with E-state index in [1.165, 1.54) is 31.2 Å². The van der Waals surface area contributed by atoms with E-state index in [2.05, 4.69) is 5.32 Å². The Morgan fingerprint density at radius 3 is 2.59 bits per heavy atom. The third kappa shape index (κ3) is 2.43. The molecule has 1 N–H and O–H groups in total. The highest BCUT2D eigenvalue weighted by molar-refractivity contribution is 5.85. The van der Waals surface area contributed by atoms with Crippen LogP contribution in [-0.2, 0) is 5.54 Å². The summed E-state index contributed by atoms with van der Waals surface area (Å²) in [5.74, 6) is -3.33. The van der Waals surface area contributed by atoms with Gasteiger partial charge >= 0.3 is 0 Å². The summed E-state index contributed by atoms with van der Waals surface area (Å²) in [4.78, 5) is 0. The number of benzene rings is 1. The molecule has 96 valence electrons. The molecule has 1 aliphatic heterocycles. The van der Waals surface area contributed by atoms with Gasteiger partial charge in [0.25, 0.3) is 5.92 Å². The highest BCUT2D eigenvalue weighted by Gasteiger charge is 2.52. The summed E-state index contributed by atoms with van der Waals surface area (Å²) in [6.45, 7) is 1.96. The van der Waals surface area contributed by atoms with E-state index >= 15 is 0 Å². The molecule has 1 aromatic carbocycles. The number of rotatable bonds is 1. The Kier molecular flexibility index (Phi) is 4.10. The molecular formula is C12H15ClF3N. The van der Waals surface area contributed by atoms with Crippen molar-refractivity contribution in [1.29, 1.82) is 0 Å². The highest BCUT2D eigenvalue weighted by Crippen LogP contribution is 2.42. The fraction of sp³-hybridized carbons (Fsp3) is 0.500. The van der Waals surface area contributed by atoms with Gasteiger partial charge in [-0.3, -0.25) is 0 Å². The van der Waals surface area contributed by atoms with Gasteiger partial charge in [-0.15, -0.1) is 12.4 Å². The van der Waals surface area contributed by atoms with E-state index in [0.29, 0.717) is 18.5 Å². The number of halogens is 4. The summed E-state index contributed by atoms with van der Waals surface area (Å²) in [5, 5.41) is 2.81. The predicted molar refractivity (Wildman–Crippen MR) is 63.2 cm³/mol. The molecule has 0 aromatic heterocycles. The summed E-state index contributed by atoms with van der Waals surface area (Å²) in [6, 6.07) is 5.43. The molecule has 1 unspecified atom stereocenters. The molecule has 1 atom stereocenters. The lowest BCUT2D eigenvalue weighted by Gasteiger charge is -2.42. The first-order chi connectivity index (χ1) is 7.46. The summed E-state index contributed by atoms with van der Waals surface area (Å²) in [7, 11) is 0. The van der Waals surface area contributed by atoms with Crippen LogP contribution < -0.4 is 5.32 Å². The summed E-state index contributed by atoms with van der Waals surface area (Å²) < 4.78 is 40.8. The van der Waals surface area contributed by atoms with Crippen molar-refractivity contribution in [2.75, 3.05) is 6.54 Å². The molecule has 1 nitrogen and oxygen atoms in total. The molecule has 0 amide bonds. The van der Waals surface area contributed by atoms with Crippen molar-refractivity contribution in [3.8, 4) is 0 Å². The van der Waals surface area contributed by atoms with Gasteiger partial charge in [-0.2, -0.15) is 0 Å². The van der Waals surface area contributed by atoms with Crippen molar-refractivity contribution < 1.29 is 13.2 Å². The van der Waals surface area contributed by atoms with Crippen molar-refractivity contribution in [3.63, 3.8) is 0 Å². The van der Waals surface area contributed by atoms with Gasteiger partial charge in [-0.25, -0.2) is 13.2 Å². The molecule has 1 saturated heterocycles. The Balaban J connectivity index is 0.00000144. The van der Waals surface area contributed by atoms with E-state index in [4.69, 9.17) is 0 Å². The third-order valence-electron chi connectivity index (χ3n) is 3.28. The van der Waals surface area contributed by atoms with Crippen LogP contribution in [0.5, 0.6) is 0 Å². The number of hydrogen-bond donors (Lipinski definition) is 1. The second-order valence-corrected chi connectivity index (χ2v) is 4.37. The largest absolute Gasteiger partial charge is 0.303 e. The minimum Gasteiger partial charge on any atom is -0.303 e. The van der Waals surface area contributed by atoms with Crippen molar-refractivity contribution in [2.45, 2.75) is 31.2 Å². The second-order valence-electron chi connectivity index (χ2n) is 4.37. The standard InChI is InChI=1S/C12H14F3N.ClH/c1-11(9-4-2-5-10(13)8-9)12(14,15)6-3-7-16-11;/h2,4-5,8,16H,3,6-7H2,1H3;1H. The molecule has 1 fully saturated rings. The first kappa shape index (κ1) is 14.3. The first-order valence-corrected chi connectivity index (χ1v) is 5.35. The zero-order valence-corrected chi connectivity index (χ0v) is 10.3. The molecule has 0 spiro atoms. The van der Waals surface area contributed by atoms with E-state index in [9.17, 15) is 13.2 Å². The molecule has 1 heterocycles. The molecule has 0 saturated carbocycles. The molecule has 1 aliphatic rings. The maximum atomic E-state index is 13.9. The monoisotopic (exact) mass is 265 g/mol. The summed E-state index contributed by atoms with van der Waals surface area (Å²) >= 11 is 0. The maximum Gasteiger partial charge on any atom is 0.269 e. The Morgan fingerprint density at radius 1 is 1.29 bits per heavy atom. The van der Waals surface area contributed by atoms with Gasteiger partial charge in [-0.05, 0) is 37.6 Å².